The fraction of sp³-hybridized carbons (Fsp3) is 0.222. The molecule has 1 N–H and O–H groups in total. The summed E-state index contributed by atoms with van der Waals surface area (Å²) in [5.74, 6) is -1.28. The number of benzene rings is 2. The van der Waals surface area contributed by atoms with Gasteiger partial charge >= 0.3 is 5.97 Å². The summed E-state index contributed by atoms with van der Waals surface area (Å²) >= 11 is 0. The van der Waals surface area contributed by atoms with Crippen LogP contribution in [0.3, 0.4) is 0 Å². The first-order valence-electron chi connectivity index (χ1n) is 7.57. The molecule has 0 aliphatic heterocycles. The second-order valence-corrected chi connectivity index (χ2v) is 5.70. The summed E-state index contributed by atoms with van der Waals surface area (Å²) in [6, 6.07) is 9.63. The van der Waals surface area contributed by atoms with Crippen LogP contribution in [-0.4, -0.2) is 23.4 Å². The topological polar surface area (TPSA) is 98.5 Å². The molecule has 0 aliphatic rings. The van der Waals surface area contributed by atoms with E-state index < -0.39 is 23.4 Å². The minimum absolute atomic E-state index is 0.0736. The highest BCUT2D eigenvalue weighted by Crippen LogP contribution is 2.27. The van der Waals surface area contributed by atoms with E-state index in [4.69, 9.17) is 4.74 Å². The van der Waals surface area contributed by atoms with Crippen molar-refractivity contribution in [1.82, 2.24) is 0 Å². The number of ether oxygens (including phenoxy) is 1. The van der Waals surface area contributed by atoms with Gasteiger partial charge in [-0.3, -0.25) is 14.9 Å². The third-order valence-electron chi connectivity index (χ3n) is 3.70. The molecule has 0 aliphatic carbocycles. The van der Waals surface area contributed by atoms with Crippen molar-refractivity contribution >= 4 is 23.3 Å². The Labute approximate surface area is 144 Å². The minimum atomic E-state index is -0.646. The van der Waals surface area contributed by atoms with Crippen LogP contribution in [0.25, 0.3) is 0 Å². The van der Waals surface area contributed by atoms with Crippen LogP contribution in [0.15, 0.2) is 36.4 Å². The summed E-state index contributed by atoms with van der Waals surface area (Å²) in [6.45, 7) is 4.89. The average Bonchev–Trinajstić information content (AvgIpc) is 2.56. The molecule has 2 aromatic rings. The smallest absolute Gasteiger partial charge is 0.338 e. The number of carbonyl (C=O) groups excluding carboxylic acids is 2. The molecule has 2 aromatic carbocycles. The second kappa shape index (κ2) is 7.57. The molecule has 0 aromatic heterocycles. The van der Waals surface area contributed by atoms with E-state index in [0.717, 1.165) is 16.7 Å². The maximum atomic E-state index is 12.0. The summed E-state index contributed by atoms with van der Waals surface area (Å²) in [6.07, 6.45) is 0. The van der Waals surface area contributed by atoms with Gasteiger partial charge in [-0.2, -0.15) is 0 Å². The maximum absolute atomic E-state index is 12.0. The van der Waals surface area contributed by atoms with Gasteiger partial charge in [0.15, 0.2) is 6.61 Å². The first-order chi connectivity index (χ1) is 11.8. The largest absolute Gasteiger partial charge is 0.452 e. The fourth-order valence-corrected chi connectivity index (χ4v) is 2.14. The average molecular weight is 342 g/mol. The van der Waals surface area contributed by atoms with Crippen LogP contribution >= 0.6 is 0 Å². The van der Waals surface area contributed by atoms with Crippen LogP contribution in [0.4, 0.5) is 11.4 Å². The van der Waals surface area contributed by atoms with E-state index in [1.165, 1.54) is 12.1 Å². The highest BCUT2D eigenvalue weighted by atomic mass is 16.6. The first-order valence-corrected chi connectivity index (χ1v) is 7.57. The van der Waals surface area contributed by atoms with Crippen LogP contribution in [0, 0.1) is 30.9 Å². The van der Waals surface area contributed by atoms with Crippen molar-refractivity contribution in [3.63, 3.8) is 0 Å². The second-order valence-electron chi connectivity index (χ2n) is 5.70. The Bertz CT molecular complexity index is 828. The molecule has 0 bridgehead atoms. The van der Waals surface area contributed by atoms with E-state index in [-0.39, 0.29) is 11.4 Å². The van der Waals surface area contributed by atoms with E-state index in [1.54, 1.807) is 38.1 Å². The van der Waals surface area contributed by atoms with Gasteiger partial charge in [-0.05, 0) is 50.1 Å². The van der Waals surface area contributed by atoms with Gasteiger partial charge in [0.1, 0.15) is 5.69 Å². The van der Waals surface area contributed by atoms with Crippen molar-refractivity contribution in [3.8, 4) is 0 Å². The number of amides is 1. The molecule has 0 unspecified atom stereocenters. The van der Waals surface area contributed by atoms with Crippen molar-refractivity contribution in [2.24, 2.45) is 0 Å². The Morgan fingerprint density at radius 2 is 1.68 bits per heavy atom. The summed E-state index contributed by atoms with van der Waals surface area (Å²) in [7, 11) is 0. The predicted octanol–water partition coefficient (Wildman–Crippen LogP) is 3.32. The van der Waals surface area contributed by atoms with E-state index >= 15 is 0 Å². The van der Waals surface area contributed by atoms with E-state index in [0.29, 0.717) is 5.56 Å². The molecule has 0 atom stereocenters. The van der Waals surface area contributed by atoms with Gasteiger partial charge in [-0.25, -0.2) is 4.79 Å². The summed E-state index contributed by atoms with van der Waals surface area (Å²) in [5.41, 5.74) is 2.74. The number of hydrogen-bond donors (Lipinski definition) is 1. The quantitative estimate of drug-likeness (QED) is 0.510. The number of anilines is 1. The van der Waals surface area contributed by atoms with Gasteiger partial charge in [-0.1, -0.05) is 17.7 Å². The van der Waals surface area contributed by atoms with Crippen molar-refractivity contribution in [2.45, 2.75) is 20.8 Å². The van der Waals surface area contributed by atoms with Crippen molar-refractivity contribution in [1.29, 1.82) is 0 Å². The Kier molecular flexibility index (Phi) is 5.49. The highest BCUT2D eigenvalue weighted by Gasteiger charge is 2.18. The molecule has 0 saturated carbocycles. The number of hydrogen-bond acceptors (Lipinski definition) is 5. The molecular formula is C18H18N2O5. The lowest BCUT2D eigenvalue weighted by molar-refractivity contribution is -0.384. The molecule has 2 rings (SSSR count). The van der Waals surface area contributed by atoms with E-state index in [2.05, 4.69) is 5.32 Å². The molecule has 0 heterocycles. The van der Waals surface area contributed by atoms with Crippen molar-refractivity contribution in [3.05, 3.63) is 68.8 Å². The molecule has 25 heavy (non-hydrogen) atoms. The molecule has 7 nitrogen and oxygen atoms in total. The number of esters is 1. The molecule has 0 fully saturated rings. The fourth-order valence-electron chi connectivity index (χ4n) is 2.14. The Hall–Kier alpha value is -3.22. The summed E-state index contributed by atoms with van der Waals surface area (Å²) in [5, 5.41) is 13.5. The number of nitro groups is 1. The summed E-state index contributed by atoms with van der Waals surface area (Å²) < 4.78 is 4.94. The van der Waals surface area contributed by atoms with Crippen LogP contribution in [0.1, 0.15) is 27.0 Å². The third-order valence-corrected chi connectivity index (χ3v) is 3.70. The zero-order valence-electron chi connectivity index (χ0n) is 14.2. The van der Waals surface area contributed by atoms with Crippen LogP contribution in [0.2, 0.25) is 0 Å². The lowest BCUT2D eigenvalue weighted by Gasteiger charge is -2.09. The molecule has 0 saturated heterocycles. The number of nitrogens with zero attached hydrogens (tertiary/aromatic N) is 1. The molecule has 0 spiro atoms. The normalized spacial score (nSPS) is 10.2. The standard InChI is InChI=1S/C18H18N2O5/c1-11-4-6-14(7-5-11)18(22)25-10-17(21)19-15-8-12(2)13(3)9-16(15)20(23)24/h4-9H,10H2,1-3H3,(H,19,21). The zero-order chi connectivity index (χ0) is 18.6. The molecular weight excluding hydrogens is 324 g/mol. The van der Waals surface area contributed by atoms with E-state index in [9.17, 15) is 19.7 Å². The van der Waals surface area contributed by atoms with Gasteiger partial charge in [0, 0.05) is 6.07 Å². The Morgan fingerprint density at radius 1 is 1.08 bits per heavy atom. The van der Waals surface area contributed by atoms with Gasteiger partial charge in [0.2, 0.25) is 0 Å². The molecule has 7 heteroatoms. The number of nitrogens with one attached hydrogen (secondary N) is 1. The van der Waals surface area contributed by atoms with Crippen LogP contribution in [0.5, 0.6) is 0 Å². The lowest BCUT2D eigenvalue weighted by Crippen LogP contribution is -2.21. The zero-order valence-corrected chi connectivity index (χ0v) is 14.2. The number of aryl methyl sites for hydroxylation is 3. The number of nitro benzene ring substituents is 1. The maximum Gasteiger partial charge on any atom is 0.338 e. The van der Waals surface area contributed by atoms with Gasteiger partial charge in [0.05, 0.1) is 10.5 Å². The highest BCUT2D eigenvalue weighted by molar-refractivity contribution is 5.97. The Balaban J connectivity index is 2.03. The lowest BCUT2D eigenvalue weighted by atomic mass is 10.1. The third kappa shape index (κ3) is 4.63. The molecule has 1 amide bonds. The molecule has 0 radical (unpaired) electrons. The summed E-state index contributed by atoms with van der Waals surface area (Å²) in [4.78, 5) is 34.4. The monoisotopic (exact) mass is 342 g/mol. The van der Waals surface area contributed by atoms with Crippen molar-refractivity contribution in [2.75, 3.05) is 11.9 Å². The Morgan fingerprint density at radius 3 is 2.28 bits per heavy atom. The van der Waals surface area contributed by atoms with Crippen LogP contribution in [-0.2, 0) is 9.53 Å². The predicted molar refractivity (Wildman–Crippen MR) is 92.7 cm³/mol. The first kappa shape index (κ1) is 18.1. The molecule has 130 valence electrons. The SMILES string of the molecule is Cc1ccc(C(=O)OCC(=O)Nc2cc(C)c(C)cc2[N+](=O)[O-])cc1. The minimum Gasteiger partial charge on any atom is -0.452 e. The van der Waals surface area contributed by atoms with Gasteiger partial charge in [0.25, 0.3) is 11.6 Å². The number of rotatable bonds is 5. The number of carbonyl (C=O) groups is 2. The van der Waals surface area contributed by atoms with E-state index in [1.807, 2.05) is 6.92 Å². The van der Waals surface area contributed by atoms with Crippen molar-refractivity contribution < 1.29 is 19.2 Å². The van der Waals surface area contributed by atoms with Crippen LogP contribution < -0.4 is 5.32 Å². The van der Waals surface area contributed by atoms with Gasteiger partial charge in [-0.15, -0.1) is 0 Å². The van der Waals surface area contributed by atoms with Gasteiger partial charge < -0.3 is 10.1 Å².